The van der Waals surface area contributed by atoms with Crippen LogP contribution in [0.1, 0.15) is 54.4 Å². The van der Waals surface area contributed by atoms with Crippen molar-refractivity contribution in [2.45, 2.75) is 69.9 Å². The number of nitrogens with zero attached hydrogens (tertiary/aromatic N) is 1. The average Bonchev–Trinajstić information content (AvgIpc) is 3.22. The molecule has 0 spiro atoms. The van der Waals surface area contributed by atoms with Gasteiger partial charge in [-0.2, -0.15) is 0 Å². The highest BCUT2D eigenvalue weighted by atomic mass is 16.6. The zero-order valence-electron chi connectivity index (χ0n) is 31.3. The van der Waals surface area contributed by atoms with Gasteiger partial charge in [0, 0.05) is 26.2 Å². The first kappa shape index (κ1) is 42.0. The minimum Gasteiger partial charge on any atom is -0.445 e. The highest BCUT2D eigenvalue weighted by Crippen LogP contribution is 2.22. The molecular weight excluding hydrogens is 699 g/mol. The summed E-state index contributed by atoms with van der Waals surface area (Å²) < 4.78 is 16.2. The summed E-state index contributed by atoms with van der Waals surface area (Å²) in [5.41, 5.74) is 15.5. The molecule has 0 aromatic heterocycles. The van der Waals surface area contributed by atoms with Crippen LogP contribution in [0.4, 0.5) is 14.4 Å². The molecule has 2 unspecified atom stereocenters. The standard InChI is InChI=1S/C43H53N5O7/c44-38(30-34-16-5-1-6-17-34)39(49)43(45,24-13-26-46-40(50)53-31-35-18-7-2-8-19-35)25-14-28-48(42(52)55-33-37-22-11-4-12-23-37)29-15-27-47-41(51)54-32-36-20-9-3-10-21-36/h1-12,16-23,38H,13-15,24-33,44-45H2,(H,46,50)(H,47,51). The number of carbonyl (C=O) groups is 4. The Morgan fingerprint density at radius 1 is 0.564 bits per heavy atom. The summed E-state index contributed by atoms with van der Waals surface area (Å²) in [4.78, 5) is 53.5. The van der Waals surface area contributed by atoms with Crippen LogP contribution in [0.15, 0.2) is 121 Å². The number of hydrogen-bond donors (Lipinski definition) is 4. The van der Waals surface area contributed by atoms with Crippen molar-refractivity contribution in [1.29, 1.82) is 0 Å². The molecule has 12 heteroatoms. The van der Waals surface area contributed by atoms with E-state index in [1.54, 1.807) is 4.90 Å². The van der Waals surface area contributed by atoms with Gasteiger partial charge >= 0.3 is 18.3 Å². The van der Waals surface area contributed by atoms with Gasteiger partial charge in [-0.15, -0.1) is 0 Å². The molecule has 12 nitrogen and oxygen atoms in total. The van der Waals surface area contributed by atoms with Crippen LogP contribution in [0.25, 0.3) is 0 Å². The van der Waals surface area contributed by atoms with Crippen LogP contribution >= 0.6 is 0 Å². The van der Waals surface area contributed by atoms with E-state index in [0.29, 0.717) is 25.7 Å². The number of Topliss-reactive ketones (excluding diaryl/α,β-unsaturated/α-hetero) is 1. The first-order chi connectivity index (χ1) is 26.7. The number of ether oxygens (including phenoxy) is 3. The Bertz CT molecular complexity index is 1730. The molecule has 3 amide bonds. The lowest BCUT2D eigenvalue weighted by Crippen LogP contribution is -2.56. The highest BCUT2D eigenvalue weighted by molar-refractivity contribution is 5.92. The van der Waals surface area contributed by atoms with Crippen molar-refractivity contribution >= 4 is 24.1 Å². The predicted octanol–water partition coefficient (Wildman–Crippen LogP) is 6.27. The second-order valence-electron chi connectivity index (χ2n) is 13.4. The third-order valence-corrected chi connectivity index (χ3v) is 9.01. The van der Waals surface area contributed by atoms with Gasteiger partial charge < -0.3 is 41.2 Å². The van der Waals surface area contributed by atoms with E-state index in [4.69, 9.17) is 25.7 Å². The third kappa shape index (κ3) is 15.7. The van der Waals surface area contributed by atoms with E-state index in [9.17, 15) is 19.2 Å². The van der Waals surface area contributed by atoms with Gasteiger partial charge in [-0.3, -0.25) is 4.79 Å². The second kappa shape index (κ2) is 23.1. The number of nitrogens with one attached hydrogen (secondary N) is 2. The van der Waals surface area contributed by atoms with Crippen LogP contribution in [-0.4, -0.2) is 66.7 Å². The van der Waals surface area contributed by atoms with E-state index in [1.807, 2.05) is 121 Å². The van der Waals surface area contributed by atoms with Crippen LogP contribution in [0, 0.1) is 0 Å². The second-order valence-corrected chi connectivity index (χ2v) is 13.4. The van der Waals surface area contributed by atoms with Gasteiger partial charge in [-0.05, 0) is 60.8 Å². The molecule has 0 radical (unpaired) electrons. The minimum atomic E-state index is -1.33. The Labute approximate surface area is 323 Å². The predicted molar refractivity (Wildman–Crippen MR) is 211 cm³/mol. The van der Waals surface area contributed by atoms with Gasteiger partial charge in [0.25, 0.3) is 0 Å². The fraction of sp³-hybridized carbons (Fsp3) is 0.349. The lowest BCUT2D eigenvalue weighted by atomic mass is 9.80. The van der Waals surface area contributed by atoms with Crippen LogP contribution < -0.4 is 22.1 Å². The fourth-order valence-electron chi connectivity index (χ4n) is 5.99. The van der Waals surface area contributed by atoms with E-state index < -0.39 is 29.9 Å². The number of nitrogens with two attached hydrogens (primary N) is 2. The van der Waals surface area contributed by atoms with Crippen LogP contribution in [0.3, 0.4) is 0 Å². The van der Waals surface area contributed by atoms with E-state index in [0.717, 1.165) is 22.3 Å². The molecule has 0 bridgehead atoms. The molecular formula is C43H53N5O7. The van der Waals surface area contributed by atoms with Gasteiger partial charge in [0.1, 0.15) is 19.8 Å². The molecule has 4 rings (SSSR count). The number of carbonyl (C=O) groups excluding carboxylic acids is 4. The molecule has 2 atom stereocenters. The summed E-state index contributed by atoms with van der Waals surface area (Å²) >= 11 is 0. The maximum Gasteiger partial charge on any atom is 0.410 e. The summed E-state index contributed by atoms with van der Waals surface area (Å²) in [7, 11) is 0. The zero-order valence-corrected chi connectivity index (χ0v) is 31.3. The highest BCUT2D eigenvalue weighted by Gasteiger charge is 2.36. The number of amides is 3. The number of benzene rings is 4. The quantitative estimate of drug-likeness (QED) is 0.0533. The molecule has 4 aromatic rings. The van der Waals surface area contributed by atoms with Crippen LogP contribution in [0.2, 0.25) is 0 Å². The summed E-state index contributed by atoms with van der Waals surface area (Å²) in [5.74, 6) is -0.292. The number of rotatable bonds is 22. The Morgan fingerprint density at radius 2 is 0.964 bits per heavy atom. The van der Waals surface area contributed by atoms with Gasteiger partial charge in [0.15, 0.2) is 5.78 Å². The molecule has 0 aliphatic rings. The van der Waals surface area contributed by atoms with Crippen molar-refractivity contribution in [3.8, 4) is 0 Å². The lowest BCUT2D eigenvalue weighted by molar-refractivity contribution is -0.126. The molecule has 0 fully saturated rings. The summed E-state index contributed by atoms with van der Waals surface area (Å²) in [5, 5.41) is 5.46. The lowest BCUT2D eigenvalue weighted by Gasteiger charge is -2.32. The van der Waals surface area contributed by atoms with Crippen molar-refractivity contribution in [3.05, 3.63) is 144 Å². The molecule has 0 aliphatic carbocycles. The average molecular weight is 752 g/mol. The number of alkyl carbamates (subject to hydrolysis) is 2. The topological polar surface area (TPSA) is 175 Å². The Hall–Kier alpha value is -5.72. The van der Waals surface area contributed by atoms with E-state index in [-0.39, 0.29) is 64.6 Å². The maximum absolute atomic E-state index is 13.9. The summed E-state index contributed by atoms with van der Waals surface area (Å²) in [6.45, 7) is 1.41. The third-order valence-electron chi connectivity index (χ3n) is 9.01. The number of ketones is 1. The van der Waals surface area contributed by atoms with E-state index in [1.165, 1.54) is 0 Å². The molecule has 0 saturated heterocycles. The molecule has 0 saturated carbocycles. The van der Waals surface area contributed by atoms with E-state index >= 15 is 0 Å². The zero-order chi connectivity index (χ0) is 39.1. The minimum absolute atomic E-state index is 0.0919. The van der Waals surface area contributed by atoms with Gasteiger partial charge in [0.05, 0.1) is 11.6 Å². The van der Waals surface area contributed by atoms with Crippen molar-refractivity contribution in [2.75, 3.05) is 26.2 Å². The molecule has 4 aromatic carbocycles. The Morgan fingerprint density at radius 3 is 1.45 bits per heavy atom. The maximum atomic E-state index is 13.9. The van der Waals surface area contributed by atoms with Crippen molar-refractivity contribution in [1.82, 2.24) is 15.5 Å². The van der Waals surface area contributed by atoms with Gasteiger partial charge in [0.2, 0.25) is 0 Å². The van der Waals surface area contributed by atoms with Crippen molar-refractivity contribution < 1.29 is 33.4 Å². The molecule has 0 heterocycles. The van der Waals surface area contributed by atoms with Crippen molar-refractivity contribution in [2.24, 2.45) is 11.5 Å². The Kier molecular flexibility index (Phi) is 17.7. The summed E-state index contributed by atoms with van der Waals surface area (Å²) in [6, 6.07) is 36.7. The first-order valence-corrected chi connectivity index (χ1v) is 18.7. The smallest absolute Gasteiger partial charge is 0.410 e. The normalized spacial score (nSPS) is 12.4. The molecule has 292 valence electrons. The largest absolute Gasteiger partial charge is 0.445 e. The molecule has 55 heavy (non-hydrogen) atoms. The monoisotopic (exact) mass is 751 g/mol. The SMILES string of the molecule is NC(Cc1ccccc1)C(=O)C(N)(CCCNC(=O)OCc1ccccc1)CCCN(CCCNC(=O)OCc1ccccc1)C(=O)OCc1ccccc1. The van der Waals surface area contributed by atoms with Gasteiger partial charge in [-0.25, -0.2) is 14.4 Å². The van der Waals surface area contributed by atoms with Gasteiger partial charge in [-0.1, -0.05) is 121 Å². The molecule has 0 aliphatic heterocycles. The summed E-state index contributed by atoms with van der Waals surface area (Å²) in [6.07, 6.45) is 0.364. The van der Waals surface area contributed by atoms with Crippen molar-refractivity contribution in [3.63, 3.8) is 0 Å². The number of hydrogen-bond acceptors (Lipinski definition) is 9. The van der Waals surface area contributed by atoms with Crippen LogP contribution in [0.5, 0.6) is 0 Å². The Balaban J connectivity index is 1.33. The van der Waals surface area contributed by atoms with Crippen LogP contribution in [-0.2, 0) is 45.2 Å². The fourth-order valence-corrected chi connectivity index (χ4v) is 5.99. The first-order valence-electron chi connectivity index (χ1n) is 18.7. The molecule has 6 N–H and O–H groups in total. The van der Waals surface area contributed by atoms with E-state index in [2.05, 4.69) is 10.6 Å².